The third-order valence-corrected chi connectivity index (χ3v) is 5.18. The van der Waals surface area contributed by atoms with Gasteiger partial charge in [0.05, 0.1) is 0 Å². The summed E-state index contributed by atoms with van der Waals surface area (Å²) in [5, 5.41) is 0. The first kappa shape index (κ1) is 17.9. The molecule has 2 fully saturated rings. The number of imide groups is 1. The van der Waals surface area contributed by atoms with E-state index in [1.807, 2.05) is 6.92 Å². The van der Waals surface area contributed by atoms with Crippen LogP contribution in [-0.4, -0.2) is 65.8 Å². The topological polar surface area (TPSA) is 43.9 Å². The molecule has 2 aliphatic heterocycles. The molecule has 136 valence electrons. The van der Waals surface area contributed by atoms with E-state index in [1.165, 1.54) is 17.0 Å². The van der Waals surface area contributed by atoms with Gasteiger partial charge in [-0.15, -0.1) is 0 Å². The summed E-state index contributed by atoms with van der Waals surface area (Å²) in [6.45, 7) is 6.39. The molecular formula is C18H23F2N3O2. The maximum atomic E-state index is 13.4. The molecule has 5 nitrogen and oxygen atoms in total. The quantitative estimate of drug-likeness (QED) is 0.759. The largest absolute Gasteiger partial charge is 0.299 e. The van der Waals surface area contributed by atoms with Crippen molar-refractivity contribution in [2.24, 2.45) is 0 Å². The molecule has 2 saturated heterocycles. The highest BCUT2D eigenvalue weighted by Crippen LogP contribution is 2.23. The normalized spacial score (nSPS) is 21.2. The third-order valence-electron chi connectivity index (χ3n) is 5.18. The van der Waals surface area contributed by atoms with E-state index in [2.05, 4.69) is 9.80 Å². The molecule has 3 rings (SSSR count). The Morgan fingerprint density at radius 1 is 0.960 bits per heavy atom. The number of likely N-dealkylation sites (tertiary alicyclic amines) is 1. The molecule has 0 aromatic heterocycles. The molecular weight excluding hydrogens is 328 g/mol. The third kappa shape index (κ3) is 4.04. The molecule has 1 aromatic carbocycles. The van der Waals surface area contributed by atoms with Gasteiger partial charge < -0.3 is 0 Å². The fourth-order valence-corrected chi connectivity index (χ4v) is 3.47. The highest BCUT2D eigenvalue weighted by molar-refractivity contribution is 6.01. The minimum atomic E-state index is -0.827. The summed E-state index contributed by atoms with van der Waals surface area (Å²) in [5.41, 5.74) is 0.764. The number of carbonyl (C=O) groups excluding carboxylic acids is 2. The van der Waals surface area contributed by atoms with E-state index in [9.17, 15) is 18.4 Å². The number of hydrogen-bond donors (Lipinski definition) is 0. The number of benzene rings is 1. The van der Waals surface area contributed by atoms with Crippen LogP contribution in [0.15, 0.2) is 18.2 Å². The Hall–Kier alpha value is -1.86. The first-order chi connectivity index (χ1) is 12.0. The van der Waals surface area contributed by atoms with Crippen LogP contribution in [0.1, 0.15) is 31.4 Å². The highest BCUT2D eigenvalue weighted by Gasteiger charge is 2.29. The van der Waals surface area contributed by atoms with Crippen molar-refractivity contribution >= 4 is 11.8 Å². The summed E-state index contributed by atoms with van der Waals surface area (Å²) < 4.78 is 26.5. The molecule has 2 aliphatic rings. The Kier molecular flexibility index (Phi) is 5.44. The smallest absolute Gasteiger partial charge is 0.229 e. The van der Waals surface area contributed by atoms with Gasteiger partial charge in [-0.1, -0.05) is 6.07 Å². The van der Waals surface area contributed by atoms with Crippen LogP contribution < -0.4 is 0 Å². The Bertz CT molecular complexity index is 644. The minimum absolute atomic E-state index is 0.0130. The Morgan fingerprint density at radius 3 is 2.20 bits per heavy atom. The van der Waals surface area contributed by atoms with Crippen LogP contribution in [0.2, 0.25) is 0 Å². The number of carbonyl (C=O) groups is 2. The molecule has 0 N–H and O–H groups in total. The van der Waals surface area contributed by atoms with Crippen LogP contribution in [-0.2, 0) is 9.59 Å². The number of halogens is 2. The van der Waals surface area contributed by atoms with Gasteiger partial charge in [-0.25, -0.2) is 8.78 Å². The van der Waals surface area contributed by atoms with Crippen LogP contribution >= 0.6 is 0 Å². The molecule has 1 unspecified atom stereocenters. The monoisotopic (exact) mass is 351 g/mol. The van der Waals surface area contributed by atoms with Crippen molar-refractivity contribution in [3.05, 3.63) is 35.4 Å². The zero-order valence-corrected chi connectivity index (χ0v) is 14.4. The van der Waals surface area contributed by atoms with Crippen molar-refractivity contribution in [1.29, 1.82) is 0 Å². The van der Waals surface area contributed by atoms with Gasteiger partial charge in [0.25, 0.3) is 0 Å². The number of piperazine rings is 1. The molecule has 0 aliphatic carbocycles. The fraction of sp³-hybridized carbons (Fsp3) is 0.556. The average Bonchev–Trinajstić information content (AvgIpc) is 2.93. The Balaban J connectivity index is 1.48. The molecule has 2 amide bonds. The lowest BCUT2D eigenvalue weighted by molar-refractivity contribution is -0.138. The molecule has 2 heterocycles. The maximum absolute atomic E-state index is 13.4. The number of hydrogen-bond acceptors (Lipinski definition) is 4. The van der Waals surface area contributed by atoms with E-state index >= 15 is 0 Å². The van der Waals surface area contributed by atoms with Crippen molar-refractivity contribution in [1.82, 2.24) is 14.7 Å². The summed E-state index contributed by atoms with van der Waals surface area (Å²) >= 11 is 0. The summed E-state index contributed by atoms with van der Waals surface area (Å²) in [5.74, 6) is -1.79. The second kappa shape index (κ2) is 7.58. The van der Waals surface area contributed by atoms with Crippen molar-refractivity contribution in [2.45, 2.75) is 25.8 Å². The first-order valence-electron chi connectivity index (χ1n) is 8.70. The number of rotatable bonds is 5. The number of nitrogens with zero attached hydrogens (tertiary/aromatic N) is 3. The van der Waals surface area contributed by atoms with Crippen molar-refractivity contribution in [2.75, 3.05) is 39.3 Å². The molecule has 0 radical (unpaired) electrons. The van der Waals surface area contributed by atoms with Crippen LogP contribution in [0.3, 0.4) is 0 Å². The van der Waals surface area contributed by atoms with E-state index < -0.39 is 11.6 Å². The average molecular weight is 351 g/mol. The molecule has 1 atom stereocenters. The van der Waals surface area contributed by atoms with Crippen molar-refractivity contribution < 1.29 is 18.4 Å². The van der Waals surface area contributed by atoms with Gasteiger partial charge in [0.15, 0.2) is 11.6 Å². The lowest BCUT2D eigenvalue weighted by atomic mass is 10.1. The molecule has 0 bridgehead atoms. The van der Waals surface area contributed by atoms with Gasteiger partial charge in [0.2, 0.25) is 11.8 Å². The Morgan fingerprint density at radius 2 is 1.60 bits per heavy atom. The zero-order chi connectivity index (χ0) is 18.0. The van der Waals surface area contributed by atoms with E-state index in [0.717, 1.165) is 31.7 Å². The predicted molar refractivity (Wildman–Crippen MR) is 88.7 cm³/mol. The van der Waals surface area contributed by atoms with Crippen LogP contribution in [0.5, 0.6) is 0 Å². The van der Waals surface area contributed by atoms with Crippen molar-refractivity contribution in [3.8, 4) is 0 Å². The van der Waals surface area contributed by atoms with Gasteiger partial charge in [-0.3, -0.25) is 24.3 Å². The number of amides is 2. The van der Waals surface area contributed by atoms with E-state index in [-0.39, 0.29) is 17.9 Å². The lowest BCUT2D eigenvalue weighted by Gasteiger charge is -2.38. The summed E-state index contributed by atoms with van der Waals surface area (Å²) in [4.78, 5) is 29.1. The van der Waals surface area contributed by atoms with E-state index in [1.54, 1.807) is 6.07 Å². The SMILES string of the molecule is CC(c1ccc(F)c(F)c1)N1CCN(CCN2C(=O)CCC2=O)CC1. The molecule has 25 heavy (non-hydrogen) atoms. The highest BCUT2D eigenvalue weighted by atomic mass is 19.2. The summed E-state index contributed by atoms with van der Waals surface area (Å²) in [6.07, 6.45) is 0.663. The molecule has 7 heteroatoms. The molecule has 0 spiro atoms. The van der Waals surface area contributed by atoms with Crippen LogP contribution in [0, 0.1) is 11.6 Å². The van der Waals surface area contributed by atoms with Crippen LogP contribution in [0.4, 0.5) is 8.78 Å². The van der Waals surface area contributed by atoms with Gasteiger partial charge in [0, 0.05) is 58.2 Å². The second-order valence-electron chi connectivity index (χ2n) is 6.67. The minimum Gasteiger partial charge on any atom is -0.299 e. The lowest BCUT2D eigenvalue weighted by Crippen LogP contribution is -2.49. The van der Waals surface area contributed by atoms with Crippen LogP contribution in [0.25, 0.3) is 0 Å². The van der Waals surface area contributed by atoms with E-state index in [0.29, 0.717) is 25.9 Å². The fourth-order valence-electron chi connectivity index (χ4n) is 3.47. The first-order valence-corrected chi connectivity index (χ1v) is 8.70. The van der Waals surface area contributed by atoms with Gasteiger partial charge in [-0.05, 0) is 24.6 Å². The molecule has 1 aromatic rings. The zero-order valence-electron chi connectivity index (χ0n) is 14.4. The maximum Gasteiger partial charge on any atom is 0.229 e. The predicted octanol–water partition coefficient (Wildman–Crippen LogP) is 1.79. The van der Waals surface area contributed by atoms with Gasteiger partial charge in [-0.2, -0.15) is 0 Å². The Labute approximate surface area is 146 Å². The van der Waals surface area contributed by atoms with Gasteiger partial charge >= 0.3 is 0 Å². The van der Waals surface area contributed by atoms with E-state index in [4.69, 9.17) is 0 Å². The van der Waals surface area contributed by atoms with Gasteiger partial charge in [0.1, 0.15) is 0 Å². The van der Waals surface area contributed by atoms with Crippen molar-refractivity contribution in [3.63, 3.8) is 0 Å². The molecule has 0 saturated carbocycles. The summed E-state index contributed by atoms with van der Waals surface area (Å²) in [7, 11) is 0. The standard InChI is InChI=1S/C18H23F2N3O2/c1-13(14-2-3-15(19)16(20)12-14)22-9-6-21(7-10-22)8-11-23-17(24)4-5-18(23)25/h2-3,12-13H,4-11H2,1H3. The second-order valence-corrected chi connectivity index (χ2v) is 6.67. The summed E-state index contributed by atoms with van der Waals surface area (Å²) in [6, 6.07) is 4.07.